The van der Waals surface area contributed by atoms with Gasteiger partial charge in [-0.3, -0.25) is 0 Å². The highest BCUT2D eigenvalue weighted by Gasteiger charge is 2.21. The third-order valence-corrected chi connectivity index (χ3v) is 4.95. The molecule has 1 atom stereocenters. The van der Waals surface area contributed by atoms with Crippen molar-refractivity contribution in [3.8, 4) is 0 Å². The minimum absolute atomic E-state index is 0.735. The molecule has 1 aromatic rings. The third kappa shape index (κ3) is 3.50. The molecule has 0 spiro atoms. The second-order valence-corrected chi connectivity index (χ2v) is 6.68. The largest absolute Gasteiger partial charge is 0.316 e. The molecule has 98 valence electrons. The summed E-state index contributed by atoms with van der Waals surface area (Å²) < 4.78 is 0. The van der Waals surface area contributed by atoms with E-state index in [-0.39, 0.29) is 0 Å². The van der Waals surface area contributed by atoms with Gasteiger partial charge in [-0.2, -0.15) is 0 Å². The summed E-state index contributed by atoms with van der Waals surface area (Å²) in [4.78, 5) is 1.49. The van der Waals surface area contributed by atoms with E-state index in [9.17, 15) is 0 Å². The molecular formula is C15H22N2S. The monoisotopic (exact) mass is 262 g/mol. The van der Waals surface area contributed by atoms with Crippen molar-refractivity contribution in [2.45, 2.75) is 41.9 Å². The highest BCUT2D eigenvalue weighted by atomic mass is 32.2. The SMILES string of the molecule is c1ccc2c(c1)CC(CNCCCNC1CC1)S2. The molecule has 0 amide bonds. The standard InChI is InChI=1S/C15H22N2S/c1-2-5-15-12(4-1)10-14(18-15)11-16-8-3-9-17-13-6-7-13/h1-2,4-5,13-14,16-17H,3,6-11H2. The topological polar surface area (TPSA) is 24.1 Å². The predicted octanol–water partition coefficient (Wildman–Crippen LogP) is 2.44. The maximum absolute atomic E-state index is 3.60. The van der Waals surface area contributed by atoms with Crippen LogP contribution in [0.1, 0.15) is 24.8 Å². The van der Waals surface area contributed by atoms with Gasteiger partial charge in [-0.1, -0.05) is 18.2 Å². The molecule has 2 nitrogen and oxygen atoms in total. The molecule has 1 fully saturated rings. The number of thioether (sulfide) groups is 1. The molecule has 1 heterocycles. The van der Waals surface area contributed by atoms with E-state index in [0.29, 0.717) is 0 Å². The molecule has 1 aliphatic heterocycles. The van der Waals surface area contributed by atoms with Gasteiger partial charge in [0.25, 0.3) is 0 Å². The van der Waals surface area contributed by atoms with Gasteiger partial charge in [0.2, 0.25) is 0 Å². The quantitative estimate of drug-likeness (QED) is 0.738. The fraction of sp³-hybridized carbons (Fsp3) is 0.600. The molecule has 2 N–H and O–H groups in total. The Hall–Kier alpha value is -0.510. The molecule has 18 heavy (non-hydrogen) atoms. The Kier molecular flexibility index (Phi) is 4.24. The first kappa shape index (κ1) is 12.5. The van der Waals surface area contributed by atoms with Crippen molar-refractivity contribution >= 4 is 11.8 Å². The van der Waals surface area contributed by atoms with Gasteiger partial charge >= 0.3 is 0 Å². The van der Waals surface area contributed by atoms with Gasteiger partial charge in [-0.15, -0.1) is 11.8 Å². The number of rotatable bonds is 7. The van der Waals surface area contributed by atoms with Gasteiger partial charge in [0.15, 0.2) is 0 Å². The molecule has 0 saturated heterocycles. The smallest absolute Gasteiger partial charge is 0.0260 e. The van der Waals surface area contributed by atoms with Crippen LogP contribution in [0.25, 0.3) is 0 Å². The second-order valence-electron chi connectivity index (χ2n) is 5.34. The fourth-order valence-corrected chi connectivity index (χ4v) is 3.72. The van der Waals surface area contributed by atoms with E-state index in [1.165, 1.54) is 42.7 Å². The van der Waals surface area contributed by atoms with Crippen LogP contribution in [0.4, 0.5) is 0 Å². The van der Waals surface area contributed by atoms with E-state index in [0.717, 1.165) is 24.4 Å². The molecule has 0 aromatic heterocycles. The van der Waals surface area contributed by atoms with Crippen molar-refractivity contribution in [1.29, 1.82) is 0 Å². The lowest BCUT2D eigenvalue weighted by Gasteiger charge is -2.10. The van der Waals surface area contributed by atoms with E-state index in [4.69, 9.17) is 0 Å². The Morgan fingerprint density at radius 2 is 2.06 bits per heavy atom. The molecule has 1 aromatic carbocycles. The fourth-order valence-electron chi connectivity index (χ4n) is 2.44. The number of nitrogens with one attached hydrogen (secondary N) is 2. The van der Waals surface area contributed by atoms with Crippen LogP contribution in [0, 0.1) is 0 Å². The average molecular weight is 262 g/mol. The Labute approximate surface area is 114 Å². The normalized spacial score (nSPS) is 22.1. The van der Waals surface area contributed by atoms with Crippen molar-refractivity contribution < 1.29 is 0 Å². The summed E-state index contributed by atoms with van der Waals surface area (Å²) in [5.41, 5.74) is 1.53. The lowest BCUT2D eigenvalue weighted by Crippen LogP contribution is -2.28. The van der Waals surface area contributed by atoms with Crippen LogP contribution in [0.15, 0.2) is 29.2 Å². The van der Waals surface area contributed by atoms with Gasteiger partial charge < -0.3 is 10.6 Å². The second kappa shape index (κ2) is 6.09. The van der Waals surface area contributed by atoms with Crippen molar-refractivity contribution in [3.63, 3.8) is 0 Å². The van der Waals surface area contributed by atoms with Crippen LogP contribution in [0.5, 0.6) is 0 Å². The Morgan fingerprint density at radius 3 is 2.89 bits per heavy atom. The third-order valence-electron chi connectivity index (χ3n) is 3.63. The molecule has 0 bridgehead atoms. The minimum Gasteiger partial charge on any atom is -0.316 e. The molecule has 3 heteroatoms. The molecule has 3 rings (SSSR count). The summed E-state index contributed by atoms with van der Waals surface area (Å²) >= 11 is 2.04. The average Bonchev–Trinajstić information content (AvgIpc) is 3.11. The Balaban J connectivity index is 1.28. The van der Waals surface area contributed by atoms with Gasteiger partial charge in [-0.25, -0.2) is 0 Å². The zero-order valence-corrected chi connectivity index (χ0v) is 11.6. The first-order valence-electron chi connectivity index (χ1n) is 7.10. The first-order valence-corrected chi connectivity index (χ1v) is 7.98. The lowest BCUT2D eigenvalue weighted by molar-refractivity contribution is 0.588. The van der Waals surface area contributed by atoms with Gasteiger partial charge in [0, 0.05) is 22.7 Å². The van der Waals surface area contributed by atoms with Crippen molar-refractivity contribution in [2.75, 3.05) is 19.6 Å². The summed E-state index contributed by atoms with van der Waals surface area (Å²) in [5, 5.41) is 7.88. The summed E-state index contributed by atoms with van der Waals surface area (Å²) in [6.07, 6.45) is 5.27. The number of hydrogen-bond donors (Lipinski definition) is 2. The maximum Gasteiger partial charge on any atom is 0.0260 e. The zero-order valence-electron chi connectivity index (χ0n) is 10.8. The molecular weight excluding hydrogens is 240 g/mol. The lowest BCUT2D eigenvalue weighted by atomic mass is 10.1. The van der Waals surface area contributed by atoms with Crippen LogP contribution < -0.4 is 10.6 Å². The summed E-state index contributed by atoms with van der Waals surface area (Å²) in [5.74, 6) is 0. The minimum atomic E-state index is 0.735. The van der Waals surface area contributed by atoms with E-state index in [1.54, 1.807) is 0 Å². The van der Waals surface area contributed by atoms with E-state index < -0.39 is 0 Å². The highest BCUT2D eigenvalue weighted by Crippen LogP contribution is 2.36. The van der Waals surface area contributed by atoms with E-state index in [1.807, 2.05) is 11.8 Å². The Morgan fingerprint density at radius 1 is 1.17 bits per heavy atom. The van der Waals surface area contributed by atoms with Crippen molar-refractivity contribution in [3.05, 3.63) is 29.8 Å². The van der Waals surface area contributed by atoms with Crippen LogP contribution in [0.2, 0.25) is 0 Å². The Bertz CT molecular complexity index is 365. The number of hydrogen-bond acceptors (Lipinski definition) is 3. The van der Waals surface area contributed by atoms with Gasteiger partial charge in [-0.05, 0) is 50.4 Å². The molecule has 1 unspecified atom stereocenters. The van der Waals surface area contributed by atoms with Crippen molar-refractivity contribution in [1.82, 2.24) is 10.6 Å². The molecule has 0 radical (unpaired) electrons. The van der Waals surface area contributed by atoms with Crippen LogP contribution in [0.3, 0.4) is 0 Å². The number of benzene rings is 1. The molecule has 2 aliphatic rings. The summed E-state index contributed by atoms with van der Waals surface area (Å²) in [7, 11) is 0. The summed E-state index contributed by atoms with van der Waals surface area (Å²) in [6.45, 7) is 3.46. The highest BCUT2D eigenvalue weighted by molar-refractivity contribution is 8.00. The van der Waals surface area contributed by atoms with E-state index >= 15 is 0 Å². The molecule has 1 saturated carbocycles. The predicted molar refractivity (Wildman–Crippen MR) is 78.3 cm³/mol. The van der Waals surface area contributed by atoms with Crippen LogP contribution in [-0.4, -0.2) is 30.9 Å². The van der Waals surface area contributed by atoms with E-state index in [2.05, 4.69) is 34.9 Å². The first-order chi connectivity index (χ1) is 8.92. The molecule has 1 aliphatic carbocycles. The van der Waals surface area contributed by atoms with Gasteiger partial charge in [0.1, 0.15) is 0 Å². The van der Waals surface area contributed by atoms with Crippen molar-refractivity contribution in [2.24, 2.45) is 0 Å². The van der Waals surface area contributed by atoms with Gasteiger partial charge in [0.05, 0.1) is 0 Å². The zero-order chi connectivity index (χ0) is 12.2. The van der Waals surface area contributed by atoms with Crippen LogP contribution in [-0.2, 0) is 6.42 Å². The summed E-state index contributed by atoms with van der Waals surface area (Å²) in [6, 6.07) is 9.66. The van der Waals surface area contributed by atoms with Crippen LogP contribution >= 0.6 is 11.8 Å². The maximum atomic E-state index is 3.60. The number of fused-ring (bicyclic) bond motifs is 1.